The molecule has 2 rings (SSSR count). The smallest absolute Gasteiger partial charge is 0.126 e. The van der Waals surface area contributed by atoms with Crippen molar-refractivity contribution in [1.29, 1.82) is 0 Å². The lowest BCUT2D eigenvalue weighted by Crippen LogP contribution is -2.18. The highest BCUT2D eigenvalue weighted by molar-refractivity contribution is 5.34. The molecule has 2 aromatic rings. The van der Waals surface area contributed by atoms with E-state index in [-0.39, 0.29) is 11.7 Å². The summed E-state index contributed by atoms with van der Waals surface area (Å²) < 4.78 is 13.3. The van der Waals surface area contributed by atoms with E-state index in [4.69, 9.17) is 0 Å². The van der Waals surface area contributed by atoms with Crippen molar-refractivity contribution in [1.82, 2.24) is 10.3 Å². The van der Waals surface area contributed by atoms with Crippen molar-refractivity contribution in [3.8, 4) is 0 Å². The van der Waals surface area contributed by atoms with Crippen LogP contribution in [0.15, 0.2) is 42.7 Å². The summed E-state index contributed by atoms with van der Waals surface area (Å²) >= 11 is 0. The molecule has 94 valence electrons. The topological polar surface area (TPSA) is 24.9 Å². The number of benzene rings is 1. The van der Waals surface area contributed by atoms with Gasteiger partial charge in [-0.1, -0.05) is 18.2 Å². The van der Waals surface area contributed by atoms with Gasteiger partial charge in [-0.15, -0.1) is 0 Å². The lowest BCUT2D eigenvalue weighted by Gasteiger charge is -2.18. The zero-order valence-electron chi connectivity index (χ0n) is 10.7. The van der Waals surface area contributed by atoms with Gasteiger partial charge < -0.3 is 5.32 Å². The predicted octanol–water partition coefficient (Wildman–Crippen LogP) is 2.88. The second kappa shape index (κ2) is 5.74. The van der Waals surface area contributed by atoms with E-state index in [1.807, 2.05) is 37.5 Å². The number of rotatable bonds is 4. The van der Waals surface area contributed by atoms with Gasteiger partial charge in [0.15, 0.2) is 0 Å². The molecule has 0 amide bonds. The number of aryl methyl sites for hydroxylation is 1. The van der Waals surface area contributed by atoms with Crippen molar-refractivity contribution in [2.45, 2.75) is 12.8 Å². The molecule has 0 aliphatic rings. The van der Waals surface area contributed by atoms with Crippen LogP contribution in [-0.4, -0.2) is 18.6 Å². The molecule has 0 aliphatic carbocycles. The SMILES string of the molecule is CNCC(c1cccnc1)c1ccc(F)c(C)c1. The maximum absolute atomic E-state index is 13.3. The van der Waals surface area contributed by atoms with Crippen molar-refractivity contribution in [3.05, 3.63) is 65.2 Å². The zero-order chi connectivity index (χ0) is 13.0. The number of halogens is 1. The molecule has 2 nitrogen and oxygen atoms in total. The van der Waals surface area contributed by atoms with Gasteiger partial charge in [0.05, 0.1) is 0 Å². The van der Waals surface area contributed by atoms with Crippen LogP contribution in [0, 0.1) is 12.7 Å². The third-order valence-electron chi connectivity index (χ3n) is 3.08. The first-order chi connectivity index (χ1) is 8.72. The lowest BCUT2D eigenvalue weighted by molar-refractivity contribution is 0.615. The van der Waals surface area contributed by atoms with E-state index in [2.05, 4.69) is 10.3 Å². The average Bonchev–Trinajstić information content (AvgIpc) is 2.40. The van der Waals surface area contributed by atoms with Gasteiger partial charge in [0.25, 0.3) is 0 Å². The predicted molar refractivity (Wildman–Crippen MR) is 71.1 cm³/mol. The minimum Gasteiger partial charge on any atom is -0.319 e. The first kappa shape index (κ1) is 12.7. The van der Waals surface area contributed by atoms with E-state index in [9.17, 15) is 4.39 Å². The molecule has 3 heteroatoms. The van der Waals surface area contributed by atoms with Crippen molar-refractivity contribution >= 4 is 0 Å². The maximum Gasteiger partial charge on any atom is 0.126 e. The number of pyridine rings is 1. The molecule has 18 heavy (non-hydrogen) atoms. The van der Waals surface area contributed by atoms with Crippen LogP contribution >= 0.6 is 0 Å². The molecule has 1 atom stereocenters. The van der Waals surface area contributed by atoms with Gasteiger partial charge in [-0.25, -0.2) is 4.39 Å². The van der Waals surface area contributed by atoms with E-state index in [1.54, 1.807) is 13.1 Å². The summed E-state index contributed by atoms with van der Waals surface area (Å²) in [5.74, 6) is 0.0381. The molecule has 0 fully saturated rings. The highest BCUT2D eigenvalue weighted by Gasteiger charge is 2.14. The summed E-state index contributed by atoms with van der Waals surface area (Å²) in [6.45, 7) is 2.59. The number of aromatic nitrogens is 1. The van der Waals surface area contributed by atoms with Crippen LogP contribution in [-0.2, 0) is 0 Å². The monoisotopic (exact) mass is 244 g/mol. The number of hydrogen-bond acceptors (Lipinski definition) is 2. The van der Waals surface area contributed by atoms with Gasteiger partial charge in [-0.05, 0) is 42.8 Å². The quantitative estimate of drug-likeness (QED) is 0.894. The minimum absolute atomic E-state index is 0.159. The van der Waals surface area contributed by atoms with Crippen molar-refractivity contribution in [2.24, 2.45) is 0 Å². The van der Waals surface area contributed by atoms with E-state index in [0.717, 1.165) is 17.7 Å². The summed E-state index contributed by atoms with van der Waals surface area (Å²) in [7, 11) is 1.92. The fraction of sp³-hybridized carbons (Fsp3) is 0.267. The third kappa shape index (κ3) is 2.74. The van der Waals surface area contributed by atoms with Crippen LogP contribution in [0.25, 0.3) is 0 Å². The summed E-state index contributed by atoms with van der Waals surface area (Å²) in [4.78, 5) is 4.15. The Morgan fingerprint density at radius 1 is 1.28 bits per heavy atom. The molecule has 1 aromatic heterocycles. The maximum atomic E-state index is 13.3. The standard InChI is InChI=1S/C15H17FN2/c1-11-8-12(5-6-15(11)16)14(10-17-2)13-4-3-7-18-9-13/h3-9,14,17H,10H2,1-2H3. The Hall–Kier alpha value is -1.74. The van der Waals surface area contributed by atoms with Crippen molar-refractivity contribution in [3.63, 3.8) is 0 Å². The third-order valence-corrected chi connectivity index (χ3v) is 3.08. The average molecular weight is 244 g/mol. The number of hydrogen-bond donors (Lipinski definition) is 1. The van der Waals surface area contributed by atoms with Gasteiger partial charge >= 0.3 is 0 Å². The highest BCUT2D eigenvalue weighted by Crippen LogP contribution is 2.24. The Balaban J connectivity index is 2.38. The molecule has 0 bridgehead atoms. The highest BCUT2D eigenvalue weighted by atomic mass is 19.1. The van der Waals surface area contributed by atoms with Crippen molar-refractivity contribution in [2.75, 3.05) is 13.6 Å². The van der Waals surface area contributed by atoms with Gasteiger partial charge in [0.2, 0.25) is 0 Å². The summed E-state index contributed by atoms with van der Waals surface area (Å²) in [6, 6.07) is 9.26. The fourth-order valence-electron chi connectivity index (χ4n) is 2.10. The Bertz CT molecular complexity index is 511. The van der Waals surface area contributed by atoms with Crippen LogP contribution in [0.1, 0.15) is 22.6 Å². The number of nitrogens with one attached hydrogen (secondary N) is 1. The first-order valence-corrected chi connectivity index (χ1v) is 6.03. The number of likely N-dealkylation sites (N-methyl/N-ethyl adjacent to an activating group) is 1. The summed E-state index contributed by atoms with van der Waals surface area (Å²) in [5.41, 5.74) is 2.92. The summed E-state index contributed by atoms with van der Waals surface area (Å²) in [6.07, 6.45) is 3.62. The molecular weight excluding hydrogens is 227 g/mol. The van der Waals surface area contributed by atoms with Crippen LogP contribution in [0.5, 0.6) is 0 Å². The largest absolute Gasteiger partial charge is 0.319 e. The van der Waals surface area contributed by atoms with Crippen LogP contribution in [0.4, 0.5) is 4.39 Å². The van der Waals surface area contributed by atoms with E-state index in [1.165, 1.54) is 6.07 Å². The molecule has 0 saturated carbocycles. The molecule has 1 heterocycles. The van der Waals surface area contributed by atoms with E-state index >= 15 is 0 Å². The van der Waals surface area contributed by atoms with Crippen LogP contribution in [0.3, 0.4) is 0 Å². The first-order valence-electron chi connectivity index (χ1n) is 6.03. The van der Waals surface area contributed by atoms with E-state index < -0.39 is 0 Å². The van der Waals surface area contributed by atoms with Crippen LogP contribution < -0.4 is 5.32 Å². The normalized spacial score (nSPS) is 12.4. The number of nitrogens with zero attached hydrogens (tertiary/aromatic N) is 1. The zero-order valence-corrected chi connectivity index (χ0v) is 10.7. The lowest BCUT2D eigenvalue weighted by atomic mass is 9.91. The second-order valence-electron chi connectivity index (χ2n) is 4.41. The Kier molecular flexibility index (Phi) is 4.05. The second-order valence-corrected chi connectivity index (χ2v) is 4.41. The minimum atomic E-state index is -0.159. The Morgan fingerprint density at radius 3 is 2.72 bits per heavy atom. The van der Waals surface area contributed by atoms with Crippen LogP contribution in [0.2, 0.25) is 0 Å². The molecule has 1 aromatic carbocycles. The van der Waals surface area contributed by atoms with E-state index in [0.29, 0.717) is 5.56 Å². The van der Waals surface area contributed by atoms with Gasteiger partial charge in [0.1, 0.15) is 5.82 Å². The summed E-state index contributed by atoms with van der Waals surface area (Å²) in [5, 5.41) is 3.18. The van der Waals surface area contributed by atoms with Crippen molar-refractivity contribution < 1.29 is 4.39 Å². The molecule has 0 saturated heterocycles. The van der Waals surface area contributed by atoms with Gasteiger partial charge in [0, 0.05) is 24.9 Å². The Morgan fingerprint density at radius 2 is 2.11 bits per heavy atom. The molecule has 1 N–H and O–H groups in total. The van der Waals surface area contributed by atoms with Gasteiger partial charge in [-0.3, -0.25) is 4.98 Å². The molecule has 0 radical (unpaired) electrons. The molecule has 1 unspecified atom stereocenters. The molecule has 0 spiro atoms. The molecular formula is C15H17FN2. The van der Waals surface area contributed by atoms with Gasteiger partial charge in [-0.2, -0.15) is 0 Å². The molecule has 0 aliphatic heterocycles. The Labute approximate surface area is 107 Å². The fourth-order valence-corrected chi connectivity index (χ4v) is 2.10.